The summed E-state index contributed by atoms with van der Waals surface area (Å²) < 4.78 is 161. The Labute approximate surface area is 381 Å². The zero-order valence-corrected chi connectivity index (χ0v) is 38.8. The topological polar surface area (TPSA) is 76.1 Å². The summed E-state index contributed by atoms with van der Waals surface area (Å²) in [6.07, 6.45) is -5.03. The minimum absolute atomic E-state index is 0.000639. The van der Waals surface area contributed by atoms with Crippen LogP contribution in [-0.2, 0) is 19.1 Å². The minimum Gasteiger partial charge on any atom is -0.462 e. The van der Waals surface area contributed by atoms with Crippen LogP contribution in [-0.4, -0.2) is 85.1 Å². The third-order valence-corrected chi connectivity index (χ3v) is 11.4. The number of hydrogen-bond acceptors (Lipinski definition) is 6. The van der Waals surface area contributed by atoms with Gasteiger partial charge in [0.15, 0.2) is 0 Å². The molecule has 0 saturated carbocycles. The molecule has 0 amide bonds. The van der Waals surface area contributed by atoms with E-state index in [1.54, 1.807) is 0 Å². The second-order valence-electron chi connectivity index (χ2n) is 17.7. The van der Waals surface area contributed by atoms with Crippen LogP contribution in [0, 0.1) is 0 Å². The Bertz CT molecular complexity index is 1050. The molecule has 0 heterocycles. The van der Waals surface area contributed by atoms with Crippen molar-refractivity contribution in [2.24, 2.45) is 0 Å². The number of rotatable bonds is 43. The molecular formula is C47H81F12NO5. The van der Waals surface area contributed by atoms with Crippen molar-refractivity contribution in [3.05, 3.63) is 0 Å². The van der Waals surface area contributed by atoms with E-state index in [9.17, 15) is 67.4 Å². The molecule has 0 radical (unpaired) electrons. The lowest BCUT2D eigenvalue weighted by molar-refractivity contribution is -0.151. The second-order valence-corrected chi connectivity index (χ2v) is 17.7. The number of nitrogens with zero attached hydrogens (tertiary/aromatic N) is 1. The Morgan fingerprint density at radius 3 is 0.908 bits per heavy atom. The molecule has 0 aliphatic heterocycles. The number of aliphatic hydroxyl groups excluding tert-OH is 1. The highest BCUT2D eigenvalue weighted by molar-refractivity contribution is 5.69. The van der Waals surface area contributed by atoms with Crippen molar-refractivity contribution in [1.29, 1.82) is 0 Å². The van der Waals surface area contributed by atoms with Crippen molar-refractivity contribution in [2.45, 2.75) is 262 Å². The van der Waals surface area contributed by atoms with Crippen LogP contribution in [0.25, 0.3) is 0 Å². The van der Waals surface area contributed by atoms with Gasteiger partial charge < -0.3 is 19.5 Å². The van der Waals surface area contributed by atoms with Crippen LogP contribution in [0.5, 0.6) is 0 Å². The average Bonchev–Trinajstić information content (AvgIpc) is 3.19. The van der Waals surface area contributed by atoms with Crippen molar-refractivity contribution in [1.82, 2.24) is 4.90 Å². The summed E-state index contributed by atoms with van der Waals surface area (Å²) >= 11 is 0. The molecule has 65 heavy (non-hydrogen) atoms. The number of esters is 2. The fourth-order valence-corrected chi connectivity index (χ4v) is 7.76. The SMILES string of the molecule is O=C(CCCCCCN(CCCO)CCCCCCC(=O)OC(CCCCCCCC(F)(F)F)CCCCCC(F)(F)F)OC(CCCCCCCC(F)(F)F)CCCCCC(F)(F)F. The Balaban J connectivity index is 4.56. The van der Waals surface area contributed by atoms with E-state index < -0.39 is 62.6 Å². The van der Waals surface area contributed by atoms with Crippen molar-refractivity contribution < 1.29 is 76.9 Å². The van der Waals surface area contributed by atoms with Gasteiger partial charge in [0.05, 0.1) is 0 Å². The zero-order valence-electron chi connectivity index (χ0n) is 38.8. The molecule has 0 spiro atoms. The van der Waals surface area contributed by atoms with Crippen LogP contribution in [0.3, 0.4) is 0 Å². The first kappa shape index (κ1) is 63.0. The predicted molar refractivity (Wildman–Crippen MR) is 229 cm³/mol. The van der Waals surface area contributed by atoms with E-state index in [4.69, 9.17) is 9.47 Å². The van der Waals surface area contributed by atoms with Gasteiger partial charge >= 0.3 is 36.6 Å². The molecule has 0 aliphatic carbocycles. The molecule has 18 heteroatoms. The number of aliphatic hydroxyl groups is 1. The van der Waals surface area contributed by atoms with Gasteiger partial charge in [-0.05, 0) is 122 Å². The van der Waals surface area contributed by atoms with E-state index in [1.807, 2.05) is 0 Å². The quantitative estimate of drug-likeness (QED) is 0.0373. The Kier molecular flexibility index (Phi) is 36.8. The van der Waals surface area contributed by atoms with E-state index in [0.29, 0.717) is 122 Å². The lowest BCUT2D eigenvalue weighted by Gasteiger charge is -2.22. The van der Waals surface area contributed by atoms with Crippen LogP contribution in [0.2, 0.25) is 0 Å². The highest BCUT2D eigenvalue weighted by atomic mass is 19.4. The smallest absolute Gasteiger partial charge is 0.389 e. The number of hydrogen-bond donors (Lipinski definition) is 1. The Hall–Kier alpha value is -1.98. The van der Waals surface area contributed by atoms with Gasteiger partial charge in [0.25, 0.3) is 0 Å². The number of carbonyl (C=O) groups excluding carboxylic acids is 2. The van der Waals surface area contributed by atoms with Crippen LogP contribution in [0.1, 0.15) is 225 Å². The lowest BCUT2D eigenvalue weighted by Crippen LogP contribution is -2.28. The maximum Gasteiger partial charge on any atom is 0.389 e. The molecule has 0 aromatic heterocycles. The fourth-order valence-electron chi connectivity index (χ4n) is 7.76. The molecule has 0 saturated heterocycles. The first-order chi connectivity index (χ1) is 30.6. The molecule has 1 N–H and O–H groups in total. The maximum atomic E-state index is 12.7. The number of carbonyl (C=O) groups is 2. The number of unbranched alkanes of at least 4 members (excludes halogenated alkanes) is 18. The molecule has 2 atom stereocenters. The predicted octanol–water partition coefficient (Wildman–Crippen LogP) is 16.0. The normalized spacial score (nSPS) is 13.7. The number of ether oxygens (including phenoxy) is 2. The summed E-state index contributed by atoms with van der Waals surface area (Å²) in [4.78, 5) is 27.6. The number of alkyl halides is 12. The van der Waals surface area contributed by atoms with Crippen molar-refractivity contribution >= 4 is 11.9 Å². The van der Waals surface area contributed by atoms with E-state index in [-0.39, 0.29) is 57.1 Å². The molecule has 0 fully saturated rings. The van der Waals surface area contributed by atoms with Gasteiger partial charge in [-0.1, -0.05) is 77.0 Å². The third-order valence-electron chi connectivity index (χ3n) is 11.4. The van der Waals surface area contributed by atoms with Gasteiger partial charge in [0.1, 0.15) is 12.2 Å². The molecule has 0 rings (SSSR count). The van der Waals surface area contributed by atoms with E-state index in [0.717, 1.165) is 58.2 Å². The highest BCUT2D eigenvalue weighted by Gasteiger charge is 2.28. The van der Waals surface area contributed by atoms with Gasteiger partial charge in [0.2, 0.25) is 0 Å². The van der Waals surface area contributed by atoms with Gasteiger partial charge in [-0.2, -0.15) is 52.7 Å². The highest BCUT2D eigenvalue weighted by Crippen LogP contribution is 2.27. The Morgan fingerprint density at radius 1 is 0.354 bits per heavy atom. The summed E-state index contributed by atoms with van der Waals surface area (Å²) in [6, 6.07) is 0. The standard InChI is InChI=1S/C47H81F12NO5/c48-44(49,50)32-19-7-1-3-13-26-40(28-15-11-21-34-46(54,55)56)64-42(62)30-17-5-9-23-36-60(38-25-39-61)37-24-10-6-18-31-43(63)65-41(29-16-12-22-35-47(57,58)59)27-14-4-2-8-20-33-45(51,52)53/h40-41,61H,1-39H2. The first-order valence-corrected chi connectivity index (χ1v) is 24.6. The minimum atomic E-state index is -4.22. The van der Waals surface area contributed by atoms with Crippen LogP contribution < -0.4 is 0 Å². The molecule has 388 valence electrons. The van der Waals surface area contributed by atoms with E-state index in [2.05, 4.69) is 4.90 Å². The summed E-state index contributed by atoms with van der Waals surface area (Å²) in [5, 5.41) is 9.40. The van der Waals surface area contributed by atoms with Crippen LogP contribution in [0.4, 0.5) is 52.7 Å². The van der Waals surface area contributed by atoms with Gasteiger partial charge in [0, 0.05) is 51.7 Å². The summed E-state index contributed by atoms with van der Waals surface area (Å²) in [5.41, 5.74) is 0. The van der Waals surface area contributed by atoms with Crippen LogP contribution in [0.15, 0.2) is 0 Å². The van der Waals surface area contributed by atoms with Gasteiger partial charge in [-0.3, -0.25) is 9.59 Å². The summed E-state index contributed by atoms with van der Waals surface area (Å²) in [7, 11) is 0. The average molecular weight is 968 g/mol. The number of halogens is 12. The summed E-state index contributed by atoms with van der Waals surface area (Å²) in [5.74, 6) is -0.721. The van der Waals surface area contributed by atoms with Crippen molar-refractivity contribution in [3.8, 4) is 0 Å². The molecule has 0 aromatic rings. The molecular weight excluding hydrogens is 886 g/mol. The van der Waals surface area contributed by atoms with Crippen LogP contribution >= 0.6 is 0 Å². The molecule has 0 aliphatic rings. The Morgan fingerprint density at radius 2 is 0.600 bits per heavy atom. The third kappa shape index (κ3) is 48.3. The maximum absolute atomic E-state index is 12.7. The van der Waals surface area contributed by atoms with Crippen molar-refractivity contribution in [3.63, 3.8) is 0 Å². The molecule has 2 unspecified atom stereocenters. The summed E-state index contributed by atoms with van der Waals surface area (Å²) in [6.45, 7) is 2.42. The van der Waals surface area contributed by atoms with E-state index >= 15 is 0 Å². The molecule has 0 bridgehead atoms. The van der Waals surface area contributed by atoms with Gasteiger partial charge in [-0.25, -0.2) is 0 Å². The second kappa shape index (κ2) is 37.9. The van der Waals surface area contributed by atoms with Gasteiger partial charge in [-0.15, -0.1) is 0 Å². The largest absolute Gasteiger partial charge is 0.462 e. The molecule has 6 nitrogen and oxygen atoms in total. The zero-order chi connectivity index (χ0) is 48.9. The fraction of sp³-hybridized carbons (Fsp3) is 0.957. The van der Waals surface area contributed by atoms with E-state index in [1.165, 1.54) is 0 Å². The lowest BCUT2D eigenvalue weighted by atomic mass is 10.0. The monoisotopic (exact) mass is 968 g/mol. The first-order valence-electron chi connectivity index (χ1n) is 24.6. The van der Waals surface area contributed by atoms with Crippen molar-refractivity contribution in [2.75, 3.05) is 26.2 Å². The molecule has 0 aromatic carbocycles.